The van der Waals surface area contributed by atoms with Gasteiger partial charge in [0.05, 0.1) is 6.10 Å². The molecule has 7 heteroatoms. The average molecular weight is 358 g/mol. The molecule has 0 aliphatic heterocycles. The molecule has 2 unspecified atom stereocenters. The van der Waals surface area contributed by atoms with Gasteiger partial charge in [-0.3, -0.25) is 4.79 Å². The summed E-state index contributed by atoms with van der Waals surface area (Å²) >= 11 is 9.59. The number of aliphatic hydroxyl groups excluding tert-OH is 2. The van der Waals surface area contributed by atoms with E-state index in [4.69, 9.17) is 11.6 Å². The molecular weight excluding hydrogens is 347 g/mol. The first kappa shape index (κ1) is 15.9. The topological polar surface area (TPSA) is 57.5 Å². The van der Waals surface area contributed by atoms with Crippen LogP contribution >= 0.6 is 39.3 Å². The van der Waals surface area contributed by atoms with E-state index in [1.54, 1.807) is 0 Å². The maximum Gasteiger partial charge on any atom is 0.185 e. The Balaban J connectivity index is 2.89. The van der Waals surface area contributed by atoms with Crippen LogP contribution < -0.4 is 0 Å². The van der Waals surface area contributed by atoms with E-state index in [1.165, 1.54) is 13.0 Å². The summed E-state index contributed by atoms with van der Waals surface area (Å²) in [7, 11) is 0. The molecule has 0 aliphatic rings. The van der Waals surface area contributed by atoms with Gasteiger partial charge in [0.15, 0.2) is 5.12 Å². The molecule has 1 rings (SSSR count). The van der Waals surface area contributed by atoms with Crippen LogP contribution in [0, 0.1) is 5.82 Å². The molecule has 0 saturated carbocycles. The van der Waals surface area contributed by atoms with Gasteiger partial charge in [0.1, 0.15) is 11.9 Å². The Hall–Kier alpha value is -0.140. The van der Waals surface area contributed by atoms with Crippen molar-refractivity contribution < 1.29 is 19.4 Å². The van der Waals surface area contributed by atoms with E-state index in [2.05, 4.69) is 15.9 Å². The largest absolute Gasteiger partial charge is 0.389 e. The van der Waals surface area contributed by atoms with Gasteiger partial charge >= 0.3 is 0 Å². The molecule has 0 radical (unpaired) electrons. The van der Waals surface area contributed by atoms with Crippen LogP contribution in [0.25, 0.3) is 0 Å². The van der Waals surface area contributed by atoms with E-state index in [-0.39, 0.29) is 25.9 Å². The van der Waals surface area contributed by atoms with Gasteiger partial charge in [0.2, 0.25) is 0 Å². The number of aliphatic hydroxyl groups is 2. The van der Waals surface area contributed by atoms with E-state index in [0.29, 0.717) is 0 Å². The first-order valence-corrected chi connectivity index (χ1v) is 7.12. The third-order valence-corrected chi connectivity index (χ3v) is 3.95. The highest BCUT2D eigenvalue weighted by atomic mass is 79.9. The monoisotopic (exact) mass is 356 g/mol. The third kappa shape index (κ3) is 4.20. The van der Waals surface area contributed by atoms with Crippen molar-refractivity contribution in [3.63, 3.8) is 0 Å². The Morgan fingerprint density at radius 3 is 2.67 bits per heavy atom. The molecule has 18 heavy (non-hydrogen) atoms. The molecular formula is C11H11BrClFO3S. The van der Waals surface area contributed by atoms with E-state index in [9.17, 15) is 19.4 Å². The second kappa shape index (κ2) is 6.86. The van der Waals surface area contributed by atoms with Crippen LogP contribution in [0.3, 0.4) is 0 Å². The SMILES string of the molecule is CC(=O)SCC(O)C(O)c1c(F)cc(Cl)cc1Br. The lowest BCUT2D eigenvalue weighted by molar-refractivity contribution is -0.109. The summed E-state index contributed by atoms with van der Waals surface area (Å²) in [5.41, 5.74) is -0.0731. The Kier molecular flexibility index (Phi) is 6.07. The van der Waals surface area contributed by atoms with Gasteiger partial charge < -0.3 is 10.2 Å². The summed E-state index contributed by atoms with van der Waals surface area (Å²) in [5.74, 6) is -0.723. The van der Waals surface area contributed by atoms with E-state index >= 15 is 0 Å². The average Bonchev–Trinajstić information content (AvgIpc) is 2.24. The van der Waals surface area contributed by atoms with Crippen molar-refractivity contribution in [2.24, 2.45) is 0 Å². The highest BCUT2D eigenvalue weighted by Gasteiger charge is 2.24. The molecule has 1 aromatic rings. The summed E-state index contributed by atoms with van der Waals surface area (Å²) in [5, 5.41) is 19.6. The van der Waals surface area contributed by atoms with Crippen LogP contribution in [0.4, 0.5) is 4.39 Å². The molecule has 0 aliphatic carbocycles. The van der Waals surface area contributed by atoms with Gasteiger partial charge in [0.25, 0.3) is 0 Å². The van der Waals surface area contributed by atoms with Crippen LogP contribution in [0.5, 0.6) is 0 Å². The number of hydrogen-bond acceptors (Lipinski definition) is 4. The van der Waals surface area contributed by atoms with Crippen molar-refractivity contribution in [1.29, 1.82) is 0 Å². The fourth-order valence-electron chi connectivity index (χ4n) is 1.32. The summed E-state index contributed by atoms with van der Waals surface area (Å²) in [4.78, 5) is 10.8. The first-order valence-electron chi connectivity index (χ1n) is 4.97. The predicted molar refractivity (Wildman–Crippen MR) is 73.2 cm³/mol. The summed E-state index contributed by atoms with van der Waals surface area (Å²) < 4.78 is 13.9. The number of carbonyl (C=O) groups is 1. The van der Waals surface area contributed by atoms with Crippen LogP contribution in [-0.2, 0) is 4.79 Å². The zero-order valence-electron chi connectivity index (χ0n) is 9.36. The molecule has 2 atom stereocenters. The quantitative estimate of drug-likeness (QED) is 0.870. The minimum Gasteiger partial charge on any atom is -0.389 e. The van der Waals surface area contributed by atoms with Crippen molar-refractivity contribution in [2.75, 3.05) is 5.75 Å². The van der Waals surface area contributed by atoms with Crippen LogP contribution in [0.2, 0.25) is 5.02 Å². The van der Waals surface area contributed by atoms with Crippen LogP contribution in [0.15, 0.2) is 16.6 Å². The Morgan fingerprint density at radius 1 is 1.56 bits per heavy atom. The minimum atomic E-state index is -1.43. The molecule has 0 heterocycles. The van der Waals surface area contributed by atoms with Gasteiger partial charge in [-0.05, 0) is 12.1 Å². The van der Waals surface area contributed by atoms with Crippen molar-refractivity contribution in [1.82, 2.24) is 0 Å². The summed E-state index contributed by atoms with van der Waals surface area (Å²) in [6.45, 7) is 1.35. The number of thioether (sulfide) groups is 1. The van der Waals surface area contributed by atoms with Gasteiger partial charge in [-0.15, -0.1) is 0 Å². The normalized spacial score (nSPS) is 14.3. The van der Waals surface area contributed by atoms with Gasteiger partial charge in [-0.1, -0.05) is 39.3 Å². The van der Waals surface area contributed by atoms with Crippen molar-refractivity contribution >= 4 is 44.4 Å². The number of carbonyl (C=O) groups excluding carboxylic acids is 1. The van der Waals surface area contributed by atoms with Gasteiger partial charge in [-0.25, -0.2) is 4.39 Å². The predicted octanol–water partition coefficient (Wildman–Crippen LogP) is 2.92. The molecule has 1 aromatic carbocycles. The van der Waals surface area contributed by atoms with E-state index < -0.39 is 18.0 Å². The lowest BCUT2D eigenvalue weighted by Crippen LogP contribution is -2.22. The molecule has 100 valence electrons. The maximum absolute atomic E-state index is 13.7. The second-order valence-corrected chi connectivity index (χ2v) is 6.09. The van der Waals surface area contributed by atoms with Crippen LogP contribution in [0.1, 0.15) is 18.6 Å². The number of rotatable bonds is 4. The Bertz CT molecular complexity index is 435. The second-order valence-electron chi connectivity index (χ2n) is 3.60. The molecule has 3 nitrogen and oxygen atoms in total. The zero-order chi connectivity index (χ0) is 13.9. The molecule has 0 amide bonds. The molecule has 0 saturated heterocycles. The molecule has 0 fully saturated rings. The lowest BCUT2D eigenvalue weighted by Gasteiger charge is -2.19. The van der Waals surface area contributed by atoms with Crippen molar-refractivity contribution in [3.8, 4) is 0 Å². The minimum absolute atomic E-state index is 0.00892. The maximum atomic E-state index is 13.7. The highest BCUT2D eigenvalue weighted by Crippen LogP contribution is 2.32. The standard InChI is InChI=1S/C11H11BrClFO3S/c1-5(15)18-4-9(16)11(17)10-7(12)2-6(13)3-8(10)14/h2-3,9,11,16-17H,4H2,1H3. The molecule has 0 spiro atoms. The Labute approximate surface area is 121 Å². The third-order valence-electron chi connectivity index (χ3n) is 2.16. The van der Waals surface area contributed by atoms with Gasteiger partial charge in [-0.2, -0.15) is 0 Å². The number of benzene rings is 1. The smallest absolute Gasteiger partial charge is 0.185 e. The fraction of sp³-hybridized carbons (Fsp3) is 0.364. The summed E-state index contributed by atoms with van der Waals surface area (Å²) in [6, 6.07) is 2.48. The number of halogens is 3. The zero-order valence-corrected chi connectivity index (χ0v) is 12.5. The Morgan fingerprint density at radius 2 is 2.17 bits per heavy atom. The van der Waals surface area contributed by atoms with Crippen molar-refractivity contribution in [3.05, 3.63) is 33.0 Å². The van der Waals surface area contributed by atoms with Crippen molar-refractivity contribution in [2.45, 2.75) is 19.1 Å². The number of hydrogen-bond donors (Lipinski definition) is 2. The van der Waals surface area contributed by atoms with Crippen LogP contribution in [-0.4, -0.2) is 27.2 Å². The molecule has 0 aromatic heterocycles. The molecule has 0 bridgehead atoms. The summed E-state index contributed by atoms with van der Waals surface area (Å²) in [6.07, 6.45) is -2.67. The first-order chi connectivity index (χ1) is 8.32. The highest BCUT2D eigenvalue weighted by molar-refractivity contribution is 9.10. The fourth-order valence-corrected chi connectivity index (χ4v) is 2.92. The lowest BCUT2D eigenvalue weighted by atomic mass is 10.0. The molecule has 2 N–H and O–H groups in total. The van der Waals surface area contributed by atoms with Gasteiger partial charge in [0, 0.05) is 27.7 Å². The van der Waals surface area contributed by atoms with E-state index in [1.807, 2.05) is 0 Å². The van der Waals surface area contributed by atoms with E-state index in [0.717, 1.165) is 17.8 Å².